The van der Waals surface area contributed by atoms with Gasteiger partial charge in [0.2, 0.25) is 0 Å². The fourth-order valence-corrected chi connectivity index (χ4v) is 2.79. The second-order valence-corrected chi connectivity index (χ2v) is 5.64. The molecule has 0 amide bonds. The van der Waals surface area contributed by atoms with Gasteiger partial charge in [-0.3, -0.25) is 5.10 Å². The molecule has 2 heterocycles. The number of nitrogens with zero attached hydrogens (tertiary/aromatic N) is 2. The molecule has 1 aliphatic rings. The van der Waals surface area contributed by atoms with Crippen molar-refractivity contribution in [2.75, 3.05) is 6.61 Å². The van der Waals surface area contributed by atoms with E-state index >= 15 is 0 Å². The molecule has 1 aromatic heterocycles. The number of aromatic nitrogens is 3. The summed E-state index contributed by atoms with van der Waals surface area (Å²) in [6.07, 6.45) is 0.591. The van der Waals surface area contributed by atoms with E-state index in [-0.39, 0.29) is 6.10 Å². The molecular formula is C15H19N3O2S. The maximum atomic E-state index is 6.16. The lowest BCUT2D eigenvalue weighted by Gasteiger charge is -2.16. The third-order valence-electron chi connectivity index (χ3n) is 3.86. The first-order chi connectivity index (χ1) is 10.1. The Hall–Kier alpha value is -1.82. The van der Waals surface area contributed by atoms with Gasteiger partial charge in [-0.2, -0.15) is 5.10 Å². The van der Waals surface area contributed by atoms with Crippen LogP contribution in [0.25, 0.3) is 0 Å². The van der Waals surface area contributed by atoms with Gasteiger partial charge < -0.3 is 14.0 Å². The van der Waals surface area contributed by atoms with Crippen LogP contribution in [-0.4, -0.2) is 21.4 Å². The van der Waals surface area contributed by atoms with Gasteiger partial charge in [0.15, 0.2) is 28.2 Å². The van der Waals surface area contributed by atoms with Gasteiger partial charge in [0.1, 0.15) is 0 Å². The summed E-state index contributed by atoms with van der Waals surface area (Å²) in [7, 11) is 0. The maximum absolute atomic E-state index is 6.16. The summed E-state index contributed by atoms with van der Waals surface area (Å²) in [5.41, 5.74) is 2.39. The molecule has 0 spiro atoms. The van der Waals surface area contributed by atoms with E-state index in [1.165, 1.54) is 11.1 Å². The van der Waals surface area contributed by atoms with Crippen molar-refractivity contribution in [1.29, 1.82) is 0 Å². The van der Waals surface area contributed by atoms with Crippen LogP contribution in [0.1, 0.15) is 36.4 Å². The molecule has 112 valence electrons. The van der Waals surface area contributed by atoms with Crippen molar-refractivity contribution in [3.05, 3.63) is 33.9 Å². The molecule has 0 saturated carbocycles. The molecule has 3 rings (SSSR count). The molecule has 0 aliphatic carbocycles. The van der Waals surface area contributed by atoms with Crippen molar-refractivity contribution in [1.82, 2.24) is 14.8 Å². The second kappa shape index (κ2) is 5.52. The highest BCUT2D eigenvalue weighted by atomic mass is 32.1. The van der Waals surface area contributed by atoms with Crippen LogP contribution in [0.5, 0.6) is 11.5 Å². The fraction of sp³-hybridized carbons (Fsp3) is 0.467. The van der Waals surface area contributed by atoms with E-state index in [4.69, 9.17) is 21.7 Å². The molecule has 21 heavy (non-hydrogen) atoms. The molecule has 1 unspecified atom stereocenters. The van der Waals surface area contributed by atoms with E-state index < -0.39 is 0 Å². The number of nitrogens with one attached hydrogen (secondary N) is 1. The molecule has 1 aromatic carbocycles. The first-order valence-corrected chi connectivity index (χ1v) is 7.56. The van der Waals surface area contributed by atoms with Crippen LogP contribution < -0.4 is 9.47 Å². The van der Waals surface area contributed by atoms with Gasteiger partial charge in [0.05, 0.1) is 6.61 Å². The second-order valence-electron chi connectivity index (χ2n) is 5.26. The number of hydrogen-bond donors (Lipinski definition) is 1. The summed E-state index contributed by atoms with van der Waals surface area (Å²) in [6, 6.07) is 4.06. The van der Waals surface area contributed by atoms with E-state index in [2.05, 4.69) is 24.0 Å². The van der Waals surface area contributed by atoms with Crippen molar-refractivity contribution < 1.29 is 9.47 Å². The lowest BCUT2D eigenvalue weighted by atomic mass is 10.1. The normalized spacial score (nSPS) is 17.6. The minimum absolute atomic E-state index is 0.152. The summed E-state index contributed by atoms with van der Waals surface area (Å²) in [4.78, 5) is 0. The maximum Gasteiger partial charge on any atom is 0.195 e. The molecule has 0 fully saturated rings. The number of H-pyrrole nitrogens is 1. The number of aromatic amines is 1. The lowest BCUT2D eigenvalue weighted by Crippen LogP contribution is -2.15. The van der Waals surface area contributed by atoms with Crippen molar-refractivity contribution in [2.24, 2.45) is 0 Å². The Labute approximate surface area is 128 Å². The monoisotopic (exact) mass is 305 g/mol. The Kier molecular flexibility index (Phi) is 3.71. The Morgan fingerprint density at radius 3 is 2.76 bits per heavy atom. The van der Waals surface area contributed by atoms with Gasteiger partial charge in [-0.25, -0.2) is 0 Å². The molecule has 0 saturated heterocycles. The number of ether oxygens (including phenoxy) is 2. The van der Waals surface area contributed by atoms with E-state index in [0.29, 0.717) is 11.4 Å². The average Bonchev–Trinajstić information content (AvgIpc) is 2.71. The Morgan fingerprint density at radius 1 is 1.33 bits per heavy atom. The SMILES string of the molecule is CCn1c(C2CCOc3cc(C)c(C)cc3O2)n[nH]c1=S. The fourth-order valence-electron chi connectivity index (χ4n) is 2.52. The van der Waals surface area contributed by atoms with Gasteiger partial charge in [-0.05, 0) is 56.2 Å². The molecule has 5 nitrogen and oxygen atoms in total. The number of rotatable bonds is 2. The highest BCUT2D eigenvalue weighted by molar-refractivity contribution is 7.71. The summed E-state index contributed by atoms with van der Waals surface area (Å²) >= 11 is 5.25. The van der Waals surface area contributed by atoms with Crippen LogP contribution in [0.15, 0.2) is 12.1 Å². The predicted octanol–water partition coefficient (Wildman–Crippen LogP) is 3.48. The van der Waals surface area contributed by atoms with Gasteiger partial charge in [0, 0.05) is 13.0 Å². The van der Waals surface area contributed by atoms with Crippen LogP contribution in [0, 0.1) is 18.6 Å². The molecule has 1 aliphatic heterocycles. The summed E-state index contributed by atoms with van der Waals surface area (Å²) < 4.78 is 14.6. The standard InChI is InChI=1S/C15H19N3O2S/c1-4-18-14(16-17-15(18)21)11-5-6-19-12-7-9(2)10(3)8-13(12)20-11/h7-8,11H,4-6H2,1-3H3,(H,17,21). The summed E-state index contributed by atoms with van der Waals surface area (Å²) in [5.74, 6) is 2.41. The van der Waals surface area contributed by atoms with Crippen LogP contribution in [0.3, 0.4) is 0 Å². The lowest BCUT2D eigenvalue weighted by molar-refractivity contribution is 0.180. The Bertz CT molecular complexity index is 720. The Balaban J connectivity index is 1.99. The largest absolute Gasteiger partial charge is 0.490 e. The minimum Gasteiger partial charge on any atom is -0.490 e. The van der Waals surface area contributed by atoms with Crippen molar-refractivity contribution >= 4 is 12.2 Å². The highest BCUT2D eigenvalue weighted by Crippen LogP contribution is 2.37. The number of aryl methyl sites for hydroxylation is 2. The molecule has 2 aromatic rings. The van der Waals surface area contributed by atoms with Crippen molar-refractivity contribution in [3.63, 3.8) is 0 Å². The first kappa shape index (κ1) is 14.1. The molecule has 0 radical (unpaired) electrons. The third kappa shape index (κ3) is 2.55. The zero-order valence-electron chi connectivity index (χ0n) is 12.5. The van der Waals surface area contributed by atoms with E-state index in [9.17, 15) is 0 Å². The van der Waals surface area contributed by atoms with Gasteiger partial charge in [0.25, 0.3) is 0 Å². The third-order valence-corrected chi connectivity index (χ3v) is 4.17. The summed E-state index contributed by atoms with van der Waals surface area (Å²) in [6.45, 7) is 7.56. The van der Waals surface area contributed by atoms with Gasteiger partial charge in [-0.15, -0.1) is 0 Å². The first-order valence-electron chi connectivity index (χ1n) is 7.16. The molecule has 1 N–H and O–H groups in total. The number of hydrogen-bond acceptors (Lipinski definition) is 4. The summed E-state index contributed by atoms with van der Waals surface area (Å²) in [5, 5.41) is 7.18. The smallest absolute Gasteiger partial charge is 0.195 e. The molecule has 6 heteroatoms. The number of benzene rings is 1. The zero-order chi connectivity index (χ0) is 15.0. The predicted molar refractivity (Wildman–Crippen MR) is 82.5 cm³/mol. The van der Waals surface area contributed by atoms with E-state index in [1.54, 1.807) is 0 Å². The topological polar surface area (TPSA) is 52.1 Å². The van der Waals surface area contributed by atoms with Crippen molar-refractivity contribution in [3.8, 4) is 11.5 Å². The molecule has 1 atom stereocenters. The minimum atomic E-state index is -0.152. The van der Waals surface area contributed by atoms with Gasteiger partial charge >= 0.3 is 0 Å². The quantitative estimate of drug-likeness (QED) is 0.863. The highest BCUT2D eigenvalue weighted by Gasteiger charge is 2.25. The van der Waals surface area contributed by atoms with E-state index in [0.717, 1.165) is 30.3 Å². The van der Waals surface area contributed by atoms with Crippen LogP contribution in [0.4, 0.5) is 0 Å². The van der Waals surface area contributed by atoms with Crippen LogP contribution >= 0.6 is 12.2 Å². The molecule has 0 bridgehead atoms. The number of fused-ring (bicyclic) bond motifs is 1. The zero-order valence-corrected chi connectivity index (χ0v) is 13.3. The Morgan fingerprint density at radius 2 is 2.05 bits per heavy atom. The van der Waals surface area contributed by atoms with Crippen molar-refractivity contribution in [2.45, 2.75) is 39.8 Å². The van der Waals surface area contributed by atoms with Crippen LogP contribution in [0.2, 0.25) is 0 Å². The van der Waals surface area contributed by atoms with Crippen LogP contribution in [-0.2, 0) is 6.54 Å². The van der Waals surface area contributed by atoms with Gasteiger partial charge in [-0.1, -0.05) is 0 Å². The average molecular weight is 305 g/mol. The van der Waals surface area contributed by atoms with E-state index in [1.807, 2.05) is 23.6 Å². The molecular weight excluding hydrogens is 286 g/mol.